The van der Waals surface area contributed by atoms with Crippen LogP contribution in [-0.2, 0) is 10.2 Å². The Balaban J connectivity index is 2.23. The normalized spacial score (nSPS) is 14.5. The molecule has 0 spiro atoms. The summed E-state index contributed by atoms with van der Waals surface area (Å²) in [6, 6.07) is 4.18. The van der Waals surface area contributed by atoms with Crippen molar-refractivity contribution >= 4 is 0 Å². The lowest BCUT2D eigenvalue weighted by Crippen LogP contribution is -2.34. The summed E-state index contributed by atoms with van der Waals surface area (Å²) in [5.74, 6) is 1.71. The van der Waals surface area contributed by atoms with E-state index in [-0.39, 0.29) is 5.41 Å². The third-order valence-electron chi connectivity index (χ3n) is 3.43. The Labute approximate surface area is 115 Å². The van der Waals surface area contributed by atoms with Gasteiger partial charge in [-0.15, -0.1) is 0 Å². The average molecular weight is 265 g/mol. The molecule has 1 heterocycles. The van der Waals surface area contributed by atoms with Gasteiger partial charge in [-0.05, 0) is 30.2 Å². The van der Waals surface area contributed by atoms with Gasteiger partial charge in [0.2, 0.25) is 0 Å². The fourth-order valence-corrected chi connectivity index (χ4v) is 2.48. The quantitative estimate of drug-likeness (QED) is 0.654. The maximum atomic E-state index is 5.67. The van der Waals surface area contributed by atoms with Crippen molar-refractivity contribution < 1.29 is 14.2 Å². The molecule has 106 valence electrons. The maximum Gasteiger partial charge on any atom is 0.161 e. The highest BCUT2D eigenvalue weighted by Crippen LogP contribution is 2.37. The number of hydrogen-bond acceptors (Lipinski definition) is 4. The van der Waals surface area contributed by atoms with E-state index < -0.39 is 0 Å². The van der Waals surface area contributed by atoms with E-state index in [0.717, 1.165) is 18.0 Å². The standard InChI is InChI=1S/C15H23NO3/c1-11-7-13-14(19-6-5-18-13)8-12(11)15(2,3)9-16-10-17-4/h7-8,16H,5-6,9-10H2,1-4H3. The molecule has 0 bridgehead atoms. The zero-order valence-electron chi connectivity index (χ0n) is 12.2. The van der Waals surface area contributed by atoms with E-state index in [9.17, 15) is 0 Å². The van der Waals surface area contributed by atoms with Gasteiger partial charge in [-0.2, -0.15) is 0 Å². The Kier molecular flexibility index (Phi) is 4.32. The number of rotatable bonds is 5. The van der Waals surface area contributed by atoms with Gasteiger partial charge < -0.3 is 14.2 Å². The summed E-state index contributed by atoms with van der Waals surface area (Å²) in [7, 11) is 1.69. The highest BCUT2D eigenvalue weighted by atomic mass is 16.6. The maximum absolute atomic E-state index is 5.67. The molecule has 0 amide bonds. The summed E-state index contributed by atoms with van der Waals surface area (Å²) in [5, 5.41) is 3.29. The topological polar surface area (TPSA) is 39.7 Å². The smallest absolute Gasteiger partial charge is 0.161 e. The minimum atomic E-state index is 0.0124. The number of benzene rings is 1. The first-order valence-corrected chi connectivity index (χ1v) is 6.65. The molecule has 0 unspecified atom stereocenters. The predicted molar refractivity (Wildman–Crippen MR) is 75.1 cm³/mol. The summed E-state index contributed by atoms with van der Waals surface area (Å²) in [5.41, 5.74) is 2.52. The summed E-state index contributed by atoms with van der Waals surface area (Å²) in [6.45, 7) is 9.21. The zero-order valence-corrected chi connectivity index (χ0v) is 12.2. The molecule has 19 heavy (non-hydrogen) atoms. The first kappa shape index (κ1) is 14.2. The van der Waals surface area contributed by atoms with Gasteiger partial charge in [0.15, 0.2) is 11.5 Å². The molecule has 0 aromatic heterocycles. The molecule has 0 radical (unpaired) electrons. The van der Waals surface area contributed by atoms with Crippen LogP contribution < -0.4 is 14.8 Å². The number of fused-ring (bicyclic) bond motifs is 1. The molecule has 0 fully saturated rings. The van der Waals surface area contributed by atoms with E-state index in [2.05, 4.69) is 38.2 Å². The van der Waals surface area contributed by atoms with Crippen molar-refractivity contribution in [2.75, 3.05) is 33.6 Å². The predicted octanol–water partition coefficient (Wildman–Crippen LogP) is 2.24. The summed E-state index contributed by atoms with van der Waals surface area (Å²) in [6.07, 6.45) is 0. The first-order valence-electron chi connectivity index (χ1n) is 6.65. The minimum absolute atomic E-state index is 0.0124. The average Bonchev–Trinajstić information content (AvgIpc) is 2.38. The van der Waals surface area contributed by atoms with Gasteiger partial charge in [-0.3, -0.25) is 5.32 Å². The second-order valence-electron chi connectivity index (χ2n) is 5.55. The second-order valence-corrected chi connectivity index (χ2v) is 5.55. The van der Waals surface area contributed by atoms with Crippen LogP contribution in [0.4, 0.5) is 0 Å². The number of methoxy groups -OCH3 is 1. The van der Waals surface area contributed by atoms with E-state index in [0.29, 0.717) is 19.9 Å². The Morgan fingerprint density at radius 2 is 1.84 bits per heavy atom. The Hall–Kier alpha value is -1.26. The Morgan fingerprint density at radius 1 is 1.21 bits per heavy atom. The van der Waals surface area contributed by atoms with Crippen molar-refractivity contribution in [3.63, 3.8) is 0 Å². The highest BCUT2D eigenvalue weighted by molar-refractivity contribution is 5.50. The van der Waals surface area contributed by atoms with Gasteiger partial charge in [0.1, 0.15) is 13.2 Å². The molecule has 1 aliphatic rings. The van der Waals surface area contributed by atoms with Crippen LogP contribution in [0.5, 0.6) is 11.5 Å². The van der Waals surface area contributed by atoms with Crippen molar-refractivity contribution in [1.29, 1.82) is 0 Å². The summed E-state index contributed by atoms with van der Waals surface area (Å²) >= 11 is 0. The van der Waals surface area contributed by atoms with Gasteiger partial charge in [0, 0.05) is 19.1 Å². The molecular weight excluding hydrogens is 242 g/mol. The molecule has 1 aliphatic heterocycles. The molecule has 0 aliphatic carbocycles. The lowest BCUT2D eigenvalue weighted by molar-refractivity contribution is 0.167. The number of hydrogen-bond donors (Lipinski definition) is 1. The third kappa shape index (κ3) is 3.19. The molecule has 1 aromatic carbocycles. The van der Waals surface area contributed by atoms with Crippen LogP contribution in [0.3, 0.4) is 0 Å². The summed E-state index contributed by atoms with van der Waals surface area (Å²) < 4.78 is 16.3. The first-order chi connectivity index (χ1) is 9.04. The lowest BCUT2D eigenvalue weighted by Gasteiger charge is -2.29. The van der Waals surface area contributed by atoms with Crippen LogP contribution in [0.1, 0.15) is 25.0 Å². The van der Waals surface area contributed by atoms with Gasteiger partial charge in [0.05, 0.1) is 6.73 Å². The van der Waals surface area contributed by atoms with Crippen LogP contribution >= 0.6 is 0 Å². The van der Waals surface area contributed by atoms with Crippen LogP contribution in [0.15, 0.2) is 12.1 Å². The zero-order chi connectivity index (χ0) is 13.9. The number of aryl methyl sites for hydroxylation is 1. The fraction of sp³-hybridized carbons (Fsp3) is 0.600. The van der Waals surface area contributed by atoms with Crippen molar-refractivity contribution in [3.8, 4) is 11.5 Å². The van der Waals surface area contributed by atoms with Crippen LogP contribution in [0.25, 0.3) is 0 Å². The van der Waals surface area contributed by atoms with Gasteiger partial charge in [0.25, 0.3) is 0 Å². The third-order valence-corrected chi connectivity index (χ3v) is 3.43. The van der Waals surface area contributed by atoms with Crippen LogP contribution in [-0.4, -0.2) is 33.6 Å². The van der Waals surface area contributed by atoms with E-state index >= 15 is 0 Å². The Morgan fingerprint density at radius 3 is 2.47 bits per heavy atom. The minimum Gasteiger partial charge on any atom is -0.486 e. The van der Waals surface area contributed by atoms with Crippen LogP contribution in [0, 0.1) is 6.92 Å². The van der Waals surface area contributed by atoms with E-state index in [4.69, 9.17) is 14.2 Å². The van der Waals surface area contributed by atoms with Gasteiger partial charge >= 0.3 is 0 Å². The monoisotopic (exact) mass is 265 g/mol. The van der Waals surface area contributed by atoms with Gasteiger partial charge in [-0.1, -0.05) is 13.8 Å². The molecule has 4 heteroatoms. The van der Waals surface area contributed by atoms with Gasteiger partial charge in [-0.25, -0.2) is 0 Å². The fourth-order valence-electron chi connectivity index (χ4n) is 2.48. The molecule has 2 rings (SSSR count). The molecule has 1 N–H and O–H groups in total. The SMILES string of the molecule is COCNCC(C)(C)c1cc2c(cc1C)OCCO2. The summed E-state index contributed by atoms with van der Waals surface area (Å²) in [4.78, 5) is 0. The second kappa shape index (κ2) is 5.80. The highest BCUT2D eigenvalue weighted by Gasteiger charge is 2.25. The largest absolute Gasteiger partial charge is 0.486 e. The molecule has 0 saturated heterocycles. The lowest BCUT2D eigenvalue weighted by atomic mass is 9.81. The molecule has 0 saturated carbocycles. The van der Waals surface area contributed by atoms with E-state index in [1.165, 1.54) is 11.1 Å². The molecule has 0 atom stereocenters. The molecule has 4 nitrogen and oxygen atoms in total. The Bertz CT molecular complexity index is 443. The van der Waals surface area contributed by atoms with Crippen molar-refractivity contribution in [3.05, 3.63) is 23.3 Å². The number of ether oxygens (including phenoxy) is 3. The molecule has 1 aromatic rings. The molecular formula is C15H23NO3. The van der Waals surface area contributed by atoms with Crippen molar-refractivity contribution in [2.45, 2.75) is 26.2 Å². The van der Waals surface area contributed by atoms with Crippen LogP contribution in [0.2, 0.25) is 0 Å². The van der Waals surface area contributed by atoms with Crippen molar-refractivity contribution in [2.24, 2.45) is 0 Å². The number of nitrogens with one attached hydrogen (secondary N) is 1. The van der Waals surface area contributed by atoms with E-state index in [1.807, 2.05) is 0 Å². The van der Waals surface area contributed by atoms with E-state index in [1.54, 1.807) is 7.11 Å². The van der Waals surface area contributed by atoms with Crippen molar-refractivity contribution in [1.82, 2.24) is 5.32 Å².